The third-order valence-corrected chi connectivity index (χ3v) is 5.01. The first-order valence-corrected chi connectivity index (χ1v) is 8.25. The first-order chi connectivity index (χ1) is 10.8. The predicted octanol–water partition coefficient (Wildman–Crippen LogP) is 2.97. The van der Waals surface area contributed by atoms with E-state index in [1.54, 1.807) is 24.3 Å². The summed E-state index contributed by atoms with van der Waals surface area (Å²) in [5.74, 6) is -0.680. The first-order valence-electron chi connectivity index (χ1n) is 6.81. The Hall–Kier alpha value is -2.31. The molecule has 0 saturated heterocycles. The van der Waals surface area contributed by atoms with Gasteiger partial charge in [-0.3, -0.25) is 4.79 Å². The van der Waals surface area contributed by atoms with Crippen LogP contribution in [0.25, 0.3) is 6.08 Å². The van der Waals surface area contributed by atoms with E-state index in [0.717, 1.165) is 4.31 Å². The van der Waals surface area contributed by atoms with Crippen molar-refractivity contribution in [1.82, 2.24) is 4.31 Å². The molecule has 0 unspecified atom stereocenters. The molecule has 6 heteroatoms. The van der Waals surface area contributed by atoms with Crippen molar-refractivity contribution in [2.24, 2.45) is 0 Å². The van der Waals surface area contributed by atoms with Crippen molar-refractivity contribution in [2.45, 2.75) is 4.90 Å². The normalized spacial score (nSPS) is 12.0. The molecule has 0 atom stereocenters. The monoisotopic (exact) mass is 333 g/mol. The zero-order valence-electron chi connectivity index (χ0n) is 12.7. The van der Waals surface area contributed by atoms with Gasteiger partial charge in [-0.15, -0.1) is 0 Å². The number of ketones is 1. The quantitative estimate of drug-likeness (QED) is 0.624. The van der Waals surface area contributed by atoms with Gasteiger partial charge in [-0.1, -0.05) is 30.3 Å². The minimum atomic E-state index is -3.59. The summed E-state index contributed by atoms with van der Waals surface area (Å²) in [6, 6.07) is 11.5. The van der Waals surface area contributed by atoms with Gasteiger partial charge in [0.1, 0.15) is 5.82 Å². The molecule has 0 aliphatic heterocycles. The van der Waals surface area contributed by atoms with E-state index in [2.05, 4.69) is 0 Å². The number of carbonyl (C=O) groups excluding carboxylic acids is 1. The maximum Gasteiger partial charge on any atom is 0.242 e. The summed E-state index contributed by atoms with van der Waals surface area (Å²) in [6.45, 7) is 0. The Kier molecular flexibility index (Phi) is 5.08. The molecular formula is C17H16FNO3S. The number of hydrogen-bond donors (Lipinski definition) is 0. The fourth-order valence-electron chi connectivity index (χ4n) is 1.86. The van der Waals surface area contributed by atoms with Crippen LogP contribution in [0.15, 0.2) is 59.5 Å². The number of hydrogen-bond acceptors (Lipinski definition) is 3. The molecular weight excluding hydrogens is 317 g/mol. The van der Waals surface area contributed by atoms with E-state index in [0.29, 0.717) is 5.56 Å². The summed E-state index contributed by atoms with van der Waals surface area (Å²) in [7, 11) is -0.732. The molecule has 0 spiro atoms. The highest BCUT2D eigenvalue weighted by Gasteiger charge is 2.18. The summed E-state index contributed by atoms with van der Waals surface area (Å²) in [5, 5.41) is 0. The molecule has 2 aromatic carbocycles. The SMILES string of the molecule is CN(C)S(=O)(=O)c1cccc(C(=O)/C=C/c2ccc(F)cc2)c1. The van der Waals surface area contributed by atoms with Crippen molar-refractivity contribution in [3.05, 3.63) is 71.6 Å². The van der Waals surface area contributed by atoms with E-state index in [4.69, 9.17) is 0 Å². The lowest BCUT2D eigenvalue weighted by molar-refractivity contribution is 0.104. The molecule has 0 amide bonds. The number of allylic oxidation sites excluding steroid dienone is 1. The smallest absolute Gasteiger partial charge is 0.242 e. The van der Waals surface area contributed by atoms with Gasteiger partial charge in [0.25, 0.3) is 0 Å². The van der Waals surface area contributed by atoms with Crippen LogP contribution in [-0.2, 0) is 10.0 Å². The second-order valence-corrected chi connectivity index (χ2v) is 7.22. The standard InChI is InChI=1S/C17H16FNO3S/c1-19(2)23(21,22)16-5-3-4-14(12-16)17(20)11-8-13-6-9-15(18)10-7-13/h3-12H,1-2H3/b11-8+. The number of nitrogens with zero attached hydrogens (tertiary/aromatic N) is 1. The fourth-order valence-corrected chi connectivity index (χ4v) is 2.81. The van der Waals surface area contributed by atoms with Crippen LogP contribution in [0.1, 0.15) is 15.9 Å². The Morgan fingerprint density at radius 3 is 2.35 bits per heavy atom. The van der Waals surface area contributed by atoms with Gasteiger partial charge in [-0.2, -0.15) is 0 Å². The van der Waals surface area contributed by atoms with Gasteiger partial charge in [0.2, 0.25) is 10.0 Å². The van der Waals surface area contributed by atoms with Crippen molar-refractivity contribution in [1.29, 1.82) is 0 Å². The Morgan fingerprint density at radius 1 is 1.09 bits per heavy atom. The topological polar surface area (TPSA) is 54.5 Å². The molecule has 0 aromatic heterocycles. The van der Waals surface area contributed by atoms with Crippen molar-refractivity contribution < 1.29 is 17.6 Å². The molecule has 0 bridgehead atoms. The molecule has 0 aliphatic carbocycles. The molecule has 0 radical (unpaired) electrons. The van der Waals surface area contributed by atoms with Crippen molar-refractivity contribution in [2.75, 3.05) is 14.1 Å². The van der Waals surface area contributed by atoms with Crippen LogP contribution in [0, 0.1) is 5.82 Å². The summed E-state index contributed by atoms with van der Waals surface area (Å²) >= 11 is 0. The maximum atomic E-state index is 12.8. The predicted molar refractivity (Wildman–Crippen MR) is 87.1 cm³/mol. The van der Waals surface area contributed by atoms with Crippen LogP contribution >= 0.6 is 0 Å². The van der Waals surface area contributed by atoms with Crippen molar-refractivity contribution in [3.8, 4) is 0 Å². The highest BCUT2D eigenvalue weighted by Crippen LogP contribution is 2.16. The Bertz CT molecular complexity index is 840. The van der Waals surface area contributed by atoms with Gasteiger partial charge >= 0.3 is 0 Å². The maximum absolute atomic E-state index is 12.8. The van der Waals surface area contributed by atoms with Gasteiger partial charge in [-0.05, 0) is 35.9 Å². The Balaban J connectivity index is 2.25. The summed E-state index contributed by atoms with van der Waals surface area (Å²) in [6.07, 6.45) is 2.88. The largest absolute Gasteiger partial charge is 0.289 e. The second kappa shape index (κ2) is 6.85. The van der Waals surface area contributed by atoms with E-state index >= 15 is 0 Å². The minimum absolute atomic E-state index is 0.0588. The molecule has 0 N–H and O–H groups in total. The first kappa shape index (κ1) is 17.1. The Labute approximate surface area is 134 Å². The molecule has 2 aromatic rings. The average Bonchev–Trinajstić information content (AvgIpc) is 2.54. The number of halogens is 1. The van der Waals surface area contributed by atoms with Gasteiger partial charge in [0, 0.05) is 19.7 Å². The van der Waals surface area contributed by atoms with E-state index in [1.165, 1.54) is 50.5 Å². The number of sulfonamides is 1. The molecule has 120 valence electrons. The van der Waals surface area contributed by atoms with E-state index in [-0.39, 0.29) is 22.1 Å². The van der Waals surface area contributed by atoms with Gasteiger partial charge in [-0.25, -0.2) is 17.1 Å². The third kappa shape index (κ3) is 4.12. The highest BCUT2D eigenvalue weighted by atomic mass is 32.2. The summed E-state index contributed by atoms with van der Waals surface area (Å²) in [4.78, 5) is 12.2. The van der Waals surface area contributed by atoms with Crippen LogP contribution in [0.2, 0.25) is 0 Å². The molecule has 0 heterocycles. The van der Waals surface area contributed by atoms with Crippen LogP contribution < -0.4 is 0 Å². The molecule has 0 aliphatic rings. The lowest BCUT2D eigenvalue weighted by Crippen LogP contribution is -2.22. The second-order valence-electron chi connectivity index (χ2n) is 5.06. The zero-order valence-corrected chi connectivity index (χ0v) is 13.5. The van der Waals surface area contributed by atoms with Crippen molar-refractivity contribution >= 4 is 21.9 Å². The van der Waals surface area contributed by atoms with Crippen LogP contribution in [0.3, 0.4) is 0 Å². The van der Waals surface area contributed by atoms with Gasteiger partial charge in [0.15, 0.2) is 5.78 Å². The summed E-state index contributed by atoms with van der Waals surface area (Å²) in [5.41, 5.74) is 0.947. The van der Waals surface area contributed by atoms with E-state index < -0.39 is 10.0 Å². The zero-order chi connectivity index (χ0) is 17.0. The molecule has 23 heavy (non-hydrogen) atoms. The average molecular weight is 333 g/mol. The van der Waals surface area contributed by atoms with E-state index in [1.807, 2.05) is 0 Å². The van der Waals surface area contributed by atoms with Crippen molar-refractivity contribution in [3.63, 3.8) is 0 Å². The lowest BCUT2D eigenvalue weighted by Gasteiger charge is -2.11. The van der Waals surface area contributed by atoms with Crippen LogP contribution in [-0.4, -0.2) is 32.6 Å². The van der Waals surface area contributed by atoms with Gasteiger partial charge < -0.3 is 0 Å². The number of rotatable bonds is 5. The minimum Gasteiger partial charge on any atom is -0.289 e. The summed E-state index contributed by atoms with van der Waals surface area (Å²) < 4.78 is 38.1. The molecule has 0 fully saturated rings. The molecule has 0 saturated carbocycles. The van der Waals surface area contributed by atoms with Crippen LogP contribution in [0.5, 0.6) is 0 Å². The fraction of sp³-hybridized carbons (Fsp3) is 0.118. The number of benzene rings is 2. The lowest BCUT2D eigenvalue weighted by atomic mass is 10.1. The molecule has 2 rings (SSSR count). The van der Waals surface area contributed by atoms with Crippen LogP contribution in [0.4, 0.5) is 4.39 Å². The Morgan fingerprint density at radius 2 is 1.74 bits per heavy atom. The van der Waals surface area contributed by atoms with Gasteiger partial charge in [0.05, 0.1) is 4.90 Å². The number of carbonyl (C=O) groups is 1. The highest BCUT2D eigenvalue weighted by molar-refractivity contribution is 7.89. The third-order valence-electron chi connectivity index (χ3n) is 3.19. The molecule has 4 nitrogen and oxygen atoms in total. The van der Waals surface area contributed by atoms with E-state index in [9.17, 15) is 17.6 Å².